The van der Waals surface area contributed by atoms with Gasteiger partial charge < -0.3 is 15.5 Å². The summed E-state index contributed by atoms with van der Waals surface area (Å²) in [6, 6.07) is 15.3. The molecule has 34 heavy (non-hydrogen) atoms. The van der Waals surface area contributed by atoms with Gasteiger partial charge in [0.05, 0.1) is 5.39 Å². The minimum atomic E-state index is -0.0679. The van der Waals surface area contributed by atoms with Crippen molar-refractivity contribution in [3.63, 3.8) is 0 Å². The Hall–Kier alpha value is -3.00. The number of hydrogen-bond acceptors (Lipinski definition) is 6. The van der Waals surface area contributed by atoms with Crippen LogP contribution in [0.2, 0.25) is 5.02 Å². The molecule has 2 aromatic heterocycles. The molecule has 0 spiro atoms. The highest BCUT2D eigenvalue weighted by Crippen LogP contribution is 2.41. The summed E-state index contributed by atoms with van der Waals surface area (Å²) in [6.45, 7) is 9.77. The van der Waals surface area contributed by atoms with Gasteiger partial charge in [-0.25, -0.2) is 9.97 Å². The van der Waals surface area contributed by atoms with Crippen molar-refractivity contribution in [1.29, 1.82) is 0 Å². The zero-order chi connectivity index (χ0) is 24.1. The molecule has 6 nitrogen and oxygen atoms in total. The van der Waals surface area contributed by atoms with Crippen molar-refractivity contribution in [2.75, 3.05) is 31.5 Å². The Kier molecular flexibility index (Phi) is 7.77. The number of benzene rings is 2. The number of aryl methyl sites for hydroxylation is 1. The Morgan fingerprint density at radius 2 is 1.74 bits per heavy atom. The summed E-state index contributed by atoms with van der Waals surface area (Å²) in [5.41, 5.74) is 3.66. The van der Waals surface area contributed by atoms with Crippen molar-refractivity contribution in [2.45, 2.75) is 20.8 Å². The maximum Gasteiger partial charge on any atom is 0.251 e. The van der Waals surface area contributed by atoms with Crippen LogP contribution < -0.4 is 10.6 Å². The highest BCUT2D eigenvalue weighted by molar-refractivity contribution is 7.19. The molecule has 2 N–H and O–H groups in total. The molecule has 176 valence electrons. The second-order valence-electron chi connectivity index (χ2n) is 7.93. The van der Waals surface area contributed by atoms with E-state index < -0.39 is 0 Å². The molecule has 2 heterocycles. The first-order chi connectivity index (χ1) is 16.5. The number of hydrogen-bond donors (Lipinski definition) is 2. The summed E-state index contributed by atoms with van der Waals surface area (Å²) in [5.74, 6) is 0.664. The lowest BCUT2D eigenvalue weighted by molar-refractivity contribution is 0.0949. The highest BCUT2D eigenvalue weighted by atomic mass is 35.5. The minimum absolute atomic E-state index is 0.0679. The lowest BCUT2D eigenvalue weighted by atomic mass is 10.0. The van der Waals surface area contributed by atoms with Crippen LogP contribution in [0.25, 0.3) is 21.3 Å². The van der Waals surface area contributed by atoms with Crippen LogP contribution in [-0.2, 0) is 0 Å². The lowest BCUT2D eigenvalue weighted by Gasteiger charge is -2.18. The van der Waals surface area contributed by atoms with Gasteiger partial charge in [-0.15, -0.1) is 11.3 Å². The van der Waals surface area contributed by atoms with Gasteiger partial charge in [-0.1, -0.05) is 37.6 Å². The molecule has 4 rings (SSSR count). The zero-order valence-electron chi connectivity index (χ0n) is 19.6. The summed E-state index contributed by atoms with van der Waals surface area (Å²) in [6.07, 6.45) is 1.57. The van der Waals surface area contributed by atoms with Gasteiger partial charge in [0.25, 0.3) is 5.91 Å². The molecular weight excluding hydrogens is 466 g/mol. The van der Waals surface area contributed by atoms with Crippen LogP contribution >= 0.6 is 22.9 Å². The molecule has 0 bridgehead atoms. The monoisotopic (exact) mass is 493 g/mol. The molecule has 0 saturated carbocycles. The summed E-state index contributed by atoms with van der Waals surface area (Å²) in [5, 5.41) is 8.09. The third-order valence-corrected chi connectivity index (χ3v) is 7.08. The van der Waals surface area contributed by atoms with Crippen LogP contribution in [0, 0.1) is 6.92 Å². The largest absolute Gasteiger partial charge is 0.351 e. The second-order valence-corrected chi connectivity index (χ2v) is 9.57. The van der Waals surface area contributed by atoms with Gasteiger partial charge in [0, 0.05) is 39.8 Å². The smallest absolute Gasteiger partial charge is 0.251 e. The summed E-state index contributed by atoms with van der Waals surface area (Å²) >= 11 is 7.74. The lowest BCUT2D eigenvalue weighted by Crippen LogP contribution is -2.34. The number of halogens is 1. The topological polar surface area (TPSA) is 70.2 Å². The number of rotatable bonds is 9. The molecule has 4 aromatic rings. The van der Waals surface area contributed by atoms with Gasteiger partial charge in [-0.2, -0.15) is 0 Å². The van der Waals surface area contributed by atoms with E-state index in [4.69, 9.17) is 11.6 Å². The van der Waals surface area contributed by atoms with Gasteiger partial charge in [0.15, 0.2) is 0 Å². The average Bonchev–Trinajstić information content (AvgIpc) is 3.19. The molecule has 8 heteroatoms. The quantitative estimate of drug-likeness (QED) is 0.293. The number of amides is 1. The van der Waals surface area contributed by atoms with E-state index in [1.807, 2.05) is 48.5 Å². The molecule has 0 saturated heterocycles. The number of nitrogens with one attached hydrogen (secondary N) is 2. The Morgan fingerprint density at radius 3 is 2.41 bits per heavy atom. The van der Waals surface area contributed by atoms with E-state index >= 15 is 0 Å². The van der Waals surface area contributed by atoms with Gasteiger partial charge in [-0.3, -0.25) is 4.79 Å². The van der Waals surface area contributed by atoms with E-state index in [9.17, 15) is 4.79 Å². The fourth-order valence-electron chi connectivity index (χ4n) is 3.91. The molecular formula is C26H28ClN5OS. The van der Waals surface area contributed by atoms with Crippen molar-refractivity contribution in [2.24, 2.45) is 0 Å². The molecule has 0 aliphatic carbocycles. The van der Waals surface area contributed by atoms with Crippen LogP contribution in [0.4, 0.5) is 11.5 Å². The first-order valence-corrected chi connectivity index (χ1v) is 12.6. The van der Waals surface area contributed by atoms with Crippen molar-refractivity contribution in [3.8, 4) is 11.1 Å². The third kappa shape index (κ3) is 5.38. The molecule has 0 radical (unpaired) electrons. The van der Waals surface area contributed by atoms with Gasteiger partial charge in [-0.05, 0) is 62.0 Å². The fourth-order valence-corrected chi connectivity index (χ4v) is 5.05. The fraction of sp³-hybridized carbons (Fsp3) is 0.269. The predicted molar refractivity (Wildman–Crippen MR) is 142 cm³/mol. The highest BCUT2D eigenvalue weighted by Gasteiger charge is 2.17. The van der Waals surface area contributed by atoms with Crippen LogP contribution in [0.15, 0.2) is 54.9 Å². The first kappa shape index (κ1) is 24.1. The number of aromatic nitrogens is 2. The van der Waals surface area contributed by atoms with Gasteiger partial charge in [0.2, 0.25) is 0 Å². The van der Waals surface area contributed by atoms with E-state index in [-0.39, 0.29) is 5.91 Å². The Morgan fingerprint density at radius 1 is 1.03 bits per heavy atom. The Labute approximate surface area is 209 Å². The number of anilines is 2. The second kappa shape index (κ2) is 11.0. The number of fused-ring (bicyclic) bond motifs is 1. The number of nitrogens with zero attached hydrogens (tertiary/aromatic N) is 3. The third-order valence-electron chi connectivity index (χ3n) is 5.82. The van der Waals surface area contributed by atoms with Crippen molar-refractivity contribution in [3.05, 3.63) is 70.3 Å². The van der Waals surface area contributed by atoms with Gasteiger partial charge >= 0.3 is 0 Å². The molecule has 2 aromatic carbocycles. The van der Waals surface area contributed by atoms with E-state index in [1.54, 1.807) is 17.7 Å². The van der Waals surface area contributed by atoms with E-state index in [0.29, 0.717) is 17.1 Å². The number of carbonyl (C=O) groups is 1. The SMILES string of the molecule is CCN(CC)CCNC(=O)c1ccc(Nc2ncnc3sc(C)c(-c4ccc(Cl)cc4)c23)cc1. The molecule has 0 aliphatic rings. The standard InChI is InChI=1S/C26H28ClN5OS/c1-4-32(5-2)15-14-28-25(33)19-8-12-21(13-9-19)31-24-23-22(18-6-10-20(27)11-7-18)17(3)34-26(23)30-16-29-24/h6-13,16H,4-5,14-15H2,1-3H3,(H,28,33)(H,29,30,31). The normalized spacial score (nSPS) is 11.2. The maximum atomic E-state index is 12.5. The van der Waals surface area contributed by atoms with Crippen molar-refractivity contribution in [1.82, 2.24) is 20.2 Å². The minimum Gasteiger partial charge on any atom is -0.351 e. The number of carbonyl (C=O) groups excluding carboxylic acids is 1. The summed E-state index contributed by atoms with van der Waals surface area (Å²) in [7, 11) is 0. The van der Waals surface area contributed by atoms with E-state index in [0.717, 1.165) is 57.4 Å². The average molecular weight is 494 g/mol. The van der Waals surface area contributed by atoms with Crippen molar-refractivity contribution < 1.29 is 4.79 Å². The molecule has 0 fully saturated rings. The summed E-state index contributed by atoms with van der Waals surface area (Å²) < 4.78 is 0. The number of thiophene rings is 1. The van der Waals surface area contributed by atoms with E-state index in [1.165, 1.54) is 0 Å². The molecule has 1 amide bonds. The predicted octanol–water partition coefficient (Wildman–Crippen LogP) is 6.14. The van der Waals surface area contributed by atoms with Gasteiger partial charge in [0.1, 0.15) is 17.0 Å². The first-order valence-electron chi connectivity index (χ1n) is 11.4. The number of likely N-dealkylation sites (N-methyl/N-ethyl adjacent to an activating group) is 1. The molecule has 0 aliphatic heterocycles. The van der Waals surface area contributed by atoms with E-state index in [2.05, 4.69) is 46.3 Å². The Bertz CT molecular complexity index is 1270. The maximum absolute atomic E-state index is 12.5. The van der Waals surface area contributed by atoms with Crippen LogP contribution in [0.5, 0.6) is 0 Å². The van der Waals surface area contributed by atoms with Crippen LogP contribution in [0.1, 0.15) is 29.1 Å². The Balaban J connectivity index is 1.53. The summed E-state index contributed by atoms with van der Waals surface area (Å²) in [4.78, 5) is 25.9. The van der Waals surface area contributed by atoms with Crippen molar-refractivity contribution >= 4 is 50.6 Å². The molecule has 0 atom stereocenters. The van der Waals surface area contributed by atoms with Crippen LogP contribution in [-0.4, -0.2) is 47.0 Å². The molecule has 0 unspecified atom stereocenters. The zero-order valence-corrected chi connectivity index (χ0v) is 21.1. The van der Waals surface area contributed by atoms with Crippen LogP contribution in [0.3, 0.4) is 0 Å².